The molecule has 0 radical (unpaired) electrons. The molecule has 94 valence electrons. The van der Waals surface area contributed by atoms with Crippen molar-refractivity contribution in [3.05, 3.63) is 24.3 Å². The number of nitrogen functional groups attached to an aromatic ring is 1. The highest BCUT2D eigenvalue weighted by molar-refractivity contribution is 5.43. The Balaban J connectivity index is 1.71. The third-order valence-corrected chi connectivity index (χ3v) is 2.97. The van der Waals surface area contributed by atoms with E-state index in [0.29, 0.717) is 0 Å². The Morgan fingerprint density at radius 3 is 3.12 bits per heavy atom. The first-order valence-electron chi connectivity index (χ1n) is 6.26. The molecule has 0 atom stereocenters. The van der Waals surface area contributed by atoms with Gasteiger partial charge in [0.2, 0.25) is 0 Å². The van der Waals surface area contributed by atoms with Crippen LogP contribution < -0.4 is 15.8 Å². The summed E-state index contributed by atoms with van der Waals surface area (Å²) < 4.78 is 5.69. The molecule has 1 saturated heterocycles. The molecule has 0 spiro atoms. The van der Waals surface area contributed by atoms with Gasteiger partial charge in [0.15, 0.2) is 0 Å². The molecule has 4 heteroatoms. The smallest absolute Gasteiger partial charge is 0.121 e. The van der Waals surface area contributed by atoms with E-state index in [0.717, 1.165) is 50.8 Å². The Morgan fingerprint density at radius 2 is 2.24 bits per heavy atom. The maximum Gasteiger partial charge on any atom is 0.121 e. The van der Waals surface area contributed by atoms with Crippen molar-refractivity contribution in [2.75, 3.05) is 45.1 Å². The molecule has 1 fully saturated rings. The molecular weight excluding hydrogens is 214 g/mol. The third kappa shape index (κ3) is 4.24. The lowest BCUT2D eigenvalue weighted by atomic mass is 10.3. The molecule has 2 rings (SSSR count). The van der Waals surface area contributed by atoms with E-state index in [1.165, 1.54) is 6.42 Å². The van der Waals surface area contributed by atoms with Crippen molar-refractivity contribution >= 4 is 5.69 Å². The molecule has 1 heterocycles. The van der Waals surface area contributed by atoms with Gasteiger partial charge in [-0.3, -0.25) is 4.90 Å². The summed E-state index contributed by atoms with van der Waals surface area (Å²) in [5.74, 6) is 0.859. The lowest BCUT2D eigenvalue weighted by molar-refractivity contribution is 0.218. The number of nitrogens with zero attached hydrogens (tertiary/aromatic N) is 1. The molecule has 1 aromatic carbocycles. The number of anilines is 1. The van der Waals surface area contributed by atoms with Crippen LogP contribution in [-0.2, 0) is 0 Å². The molecule has 0 aromatic heterocycles. The Kier molecular flexibility index (Phi) is 4.64. The zero-order chi connectivity index (χ0) is 11.9. The second kappa shape index (κ2) is 6.47. The van der Waals surface area contributed by atoms with Gasteiger partial charge < -0.3 is 15.8 Å². The minimum atomic E-state index is 0.726. The van der Waals surface area contributed by atoms with Crippen molar-refractivity contribution in [3.8, 4) is 5.75 Å². The number of rotatable bonds is 4. The van der Waals surface area contributed by atoms with Crippen LogP contribution in [-0.4, -0.2) is 44.2 Å². The van der Waals surface area contributed by atoms with Crippen molar-refractivity contribution in [1.29, 1.82) is 0 Å². The lowest BCUT2D eigenvalue weighted by Gasteiger charge is -2.19. The molecule has 1 aliphatic rings. The van der Waals surface area contributed by atoms with Crippen molar-refractivity contribution < 1.29 is 4.74 Å². The molecule has 0 bridgehead atoms. The highest BCUT2D eigenvalue weighted by atomic mass is 16.5. The molecule has 0 unspecified atom stereocenters. The van der Waals surface area contributed by atoms with Crippen molar-refractivity contribution in [1.82, 2.24) is 10.2 Å². The number of ether oxygens (including phenoxy) is 1. The van der Waals surface area contributed by atoms with Crippen LogP contribution in [0.15, 0.2) is 24.3 Å². The summed E-state index contributed by atoms with van der Waals surface area (Å²) >= 11 is 0. The zero-order valence-corrected chi connectivity index (χ0v) is 10.2. The number of nitrogens with one attached hydrogen (secondary N) is 1. The van der Waals surface area contributed by atoms with Crippen LogP contribution in [0.2, 0.25) is 0 Å². The van der Waals surface area contributed by atoms with Crippen molar-refractivity contribution in [3.63, 3.8) is 0 Å². The van der Waals surface area contributed by atoms with Crippen LogP contribution in [0.1, 0.15) is 6.42 Å². The summed E-state index contributed by atoms with van der Waals surface area (Å²) in [6.45, 7) is 6.19. The van der Waals surface area contributed by atoms with Crippen LogP contribution in [0.3, 0.4) is 0 Å². The number of hydrogen-bond donors (Lipinski definition) is 2. The van der Waals surface area contributed by atoms with Gasteiger partial charge in [-0.05, 0) is 31.6 Å². The van der Waals surface area contributed by atoms with Gasteiger partial charge in [0, 0.05) is 31.4 Å². The first-order chi connectivity index (χ1) is 8.34. The van der Waals surface area contributed by atoms with Gasteiger partial charge >= 0.3 is 0 Å². The lowest BCUT2D eigenvalue weighted by Crippen LogP contribution is -2.31. The second-order valence-electron chi connectivity index (χ2n) is 4.37. The van der Waals surface area contributed by atoms with E-state index < -0.39 is 0 Å². The average molecular weight is 235 g/mol. The monoisotopic (exact) mass is 235 g/mol. The largest absolute Gasteiger partial charge is 0.492 e. The first kappa shape index (κ1) is 12.2. The number of benzene rings is 1. The summed E-state index contributed by atoms with van der Waals surface area (Å²) in [5.41, 5.74) is 6.45. The summed E-state index contributed by atoms with van der Waals surface area (Å²) in [6, 6.07) is 7.60. The summed E-state index contributed by atoms with van der Waals surface area (Å²) in [4.78, 5) is 2.44. The van der Waals surface area contributed by atoms with Gasteiger partial charge in [-0.15, -0.1) is 0 Å². The fourth-order valence-corrected chi connectivity index (χ4v) is 2.02. The molecule has 1 aliphatic heterocycles. The van der Waals surface area contributed by atoms with Gasteiger partial charge in [-0.1, -0.05) is 6.07 Å². The Hall–Kier alpha value is -1.26. The summed E-state index contributed by atoms with van der Waals surface area (Å²) in [7, 11) is 0. The first-order valence-corrected chi connectivity index (χ1v) is 6.26. The van der Waals surface area contributed by atoms with Gasteiger partial charge in [0.1, 0.15) is 12.4 Å². The van der Waals surface area contributed by atoms with Crippen LogP contribution in [0.4, 0.5) is 5.69 Å². The SMILES string of the molecule is Nc1cccc(OCCN2CCCNCC2)c1. The Morgan fingerprint density at radius 1 is 1.29 bits per heavy atom. The minimum Gasteiger partial charge on any atom is -0.492 e. The van der Waals surface area contributed by atoms with Crippen LogP contribution in [0, 0.1) is 0 Å². The van der Waals surface area contributed by atoms with E-state index in [-0.39, 0.29) is 0 Å². The Labute approximate surface area is 103 Å². The molecule has 1 aromatic rings. The van der Waals surface area contributed by atoms with Crippen molar-refractivity contribution in [2.45, 2.75) is 6.42 Å². The molecule has 0 saturated carbocycles. The maximum absolute atomic E-state index is 5.70. The standard InChI is InChI=1S/C13H21N3O/c14-12-3-1-4-13(11-12)17-10-9-16-7-2-5-15-6-8-16/h1,3-4,11,15H,2,5-10,14H2. The molecule has 17 heavy (non-hydrogen) atoms. The van der Waals surface area contributed by atoms with Crippen LogP contribution >= 0.6 is 0 Å². The molecule has 3 N–H and O–H groups in total. The van der Waals surface area contributed by atoms with Crippen molar-refractivity contribution in [2.24, 2.45) is 0 Å². The van der Waals surface area contributed by atoms with Gasteiger partial charge in [0.25, 0.3) is 0 Å². The van der Waals surface area contributed by atoms with Gasteiger partial charge in [-0.2, -0.15) is 0 Å². The highest BCUT2D eigenvalue weighted by Crippen LogP contribution is 2.14. The van der Waals surface area contributed by atoms with Gasteiger partial charge in [0.05, 0.1) is 0 Å². The third-order valence-electron chi connectivity index (χ3n) is 2.97. The maximum atomic E-state index is 5.70. The quantitative estimate of drug-likeness (QED) is 0.763. The van der Waals surface area contributed by atoms with Crippen LogP contribution in [0.5, 0.6) is 5.75 Å². The second-order valence-corrected chi connectivity index (χ2v) is 4.37. The Bertz CT molecular complexity index is 335. The normalized spacial score (nSPS) is 17.6. The van der Waals surface area contributed by atoms with Gasteiger partial charge in [-0.25, -0.2) is 0 Å². The highest BCUT2D eigenvalue weighted by Gasteiger charge is 2.07. The number of hydrogen-bond acceptors (Lipinski definition) is 4. The van der Waals surface area contributed by atoms with E-state index >= 15 is 0 Å². The molecule has 0 aliphatic carbocycles. The molecule has 4 nitrogen and oxygen atoms in total. The molecular formula is C13H21N3O. The average Bonchev–Trinajstić information content (AvgIpc) is 2.58. The van der Waals surface area contributed by atoms with Crippen LogP contribution in [0.25, 0.3) is 0 Å². The van der Waals surface area contributed by atoms with E-state index in [1.54, 1.807) is 0 Å². The summed E-state index contributed by atoms with van der Waals surface area (Å²) in [5, 5.41) is 3.39. The number of nitrogens with two attached hydrogens (primary N) is 1. The zero-order valence-electron chi connectivity index (χ0n) is 10.2. The van der Waals surface area contributed by atoms with E-state index in [1.807, 2.05) is 24.3 Å². The topological polar surface area (TPSA) is 50.5 Å². The fourth-order valence-electron chi connectivity index (χ4n) is 2.02. The molecule has 0 amide bonds. The fraction of sp³-hybridized carbons (Fsp3) is 0.538. The predicted molar refractivity (Wildman–Crippen MR) is 70.3 cm³/mol. The predicted octanol–water partition coefficient (Wildman–Crippen LogP) is 0.943. The van der Waals surface area contributed by atoms with E-state index in [2.05, 4.69) is 10.2 Å². The summed E-state index contributed by atoms with van der Waals surface area (Å²) in [6.07, 6.45) is 1.22. The van der Waals surface area contributed by atoms with E-state index in [9.17, 15) is 0 Å². The van der Waals surface area contributed by atoms with E-state index in [4.69, 9.17) is 10.5 Å². The minimum absolute atomic E-state index is 0.726.